The van der Waals surface area contributed by atoms with E-state index in [1.807, 2.05) is 5.32 Å². The normalized spacial score (nSPS) is 18.8. The van der Waals surface area contributed by atoms with E-state index < -0.39 is 93.6 Å². The van der Waals surface area contributed by atoms with Crippen LogP contribution in [0, 0.1) is 11.6 Å². The number of alkyl halides is 7. The van der Waals surface area contributed by atoms with Crippen molar-refractivity contribution in [2.45, 2.75) is 76.4 Å². The molecule has 1 N–H and O–H groups in total. The summed E-state index contributed by atoms with van der Waals surface area (Å²) < 4.78 is 138. The molecular formula is C32H29F9N2O3. The van der Waals surface area contributed by atoms with Crippen molar-refractivity contribution in [2.24, 2.45) is 0 Å². The number of anilines is 1. The highest BCUT2D eigenvalue weighted by molar-refractivity contribution is 5.95. The van der Waals surface area contributed by atoms with Gasteiger partial charge in [0.1, 0.15) is 17.4 Å². The summed E-state index contributed by atoms with van der Waals surface area (Å²) in [7, 11) is 0. The first kappa shape index (κ1) is 34.8. The number of halogens is 9. The molecule has 3 atom stereocenters. The molecule has 0 fully saturated rings. The van der Waals surface area contributed by atoms with E-state index in [1.54, 1.807) is 0 Å². The number of rotatable bonds is 8. The number of ether oxygens (including phenoxy) is 1. The number of amides is 1. The summed E-state index contributed by atoms with van der Waals surface area (Å²) in [5.74, 6) is -9.78. The fourth-order valence-electron chi connectivity index (χ4n) is 5.65. The number of benzene rings is 3. The minimum atomic E-state index is -4.92. The lowest BCUT2D eigenvalue weighted by atomic mass is 9.77. The predicted molar refractivity (Wildman–Crippen MR) is 150 cm³/mol. The summed E-state index contributed by atoms with van der Waals surface area (Å²) in [5.41, 5.74) is -5.80. The van der Waals surface area contributed by atoms with Crippen molar-refractivity contribution in [1.82, 2.24) is 5.32 Å². The summed E-state index contributed by atoms with van der Waals surface area (Å²) in [6.07, 6.45) is -6.92. The van der Waals surface area contributed by atoms with Gasteiger partial charge in [-0.1, -0.05) is 19.1 Å². The summed E-state index contributed by atoms with van der Waals surface area (Å²) >= 11 is 0. The molecule has 46 heavy (non-hydrogen) atoms. The Morgan fingerprint density at radius 2 is 1.48 bits per heavy atom. The van der Waals surface area contributed by atoms with E-state index in [0.29, 0.717) is 24.3 Å². The third-order valence-electron chi connectivity index (χ3n) is 7.67. The topological polar surface area (TPSA) is 58.6 Å². The molecule has 0 saturated carbocycles. The van der Waals surface area contributed by atoms with E-state index in [-0.39, 0.29) is 18.2 Å². The molecule has 0 radical (unpaired) electrons. The van der Waals surface area contributed by atoms with Gasteiger partial charge in [0, 0.05) is 11.6 Å². The molecule has 248 valence electrons. The largest absolute Gasteiger partial charge is 0.446 e. The molecule has 1 amide bonds. The average molecular weight is 661 g/mol. The summed E-state index contributed by atoms with van der Waals surface area (Å²) in [4.78, 5) is 27.1. The Morgan fingerprint density at radius 3 is 2.04 bits per heavy atom. The summed E-state index contributed by atoms with van der Waals surface area (Å²) in [5, 5.41) is 1.81. The van der Waals surface area contributed by atoms with E-state index in [2.05, 4.69) is 0 Å². The smallest absolute Gasteiger partial charge is 0.416 e. The lowest BCUT2D eigenvalue weighted by Crippen LogP contribution is -2.62. The first-order chi connectivity index (χ1) is 21.3. The third kappa shape index (κ3) is 6.58. The number of hydrogen-bond donors (Lipinski definition) is 1. The monoisotopic (exact) mass is 660 g/mol. The quantitative estimate of drug-likeness (QED) is 0.194. The second kappa shape index (κ2) is 12.6. The van der Waals surface area contributed by atoms with Gasteiger partial charge >= 0.3 is 24.2 Å². The van der Waals surface area contributed by atoms with E-state index in [0.717, 1.165) is 42.2 Å². The first-order valence-corrected chi connectivity index (χ1v) is 14.1. The van der Waals surface area contributed by atoms with Crippen LogP contribution in [0.1, 0.15) is 67.9 Å². The van der Waals surface area contributed by atoms with Crippen LogP contribution >= 0.6 is 0 Å². The van der Waals surface area contributed by atoms with E-state index in [9.17, 15) is 31.5 Å². The number of nitrogens with zero attached hydrogens (tertiary/aromatic N) is 1. The molecule has 3 aromatic carbocycles. The highest BCUT2D eigenvalue weighted by atomic mass is 19.4. The van der Waals surface area contributed by atoms with Gasteiger partial charge < -0.3 is 4.74 Å². The minimum absolute atomic E-state index is 0.141. The number of fused-ring (bicyclic) bond motifs is 1. The fraction of sp³-hybridized carbons (Fsp3) is 0.375. The molecule has 14 heteroatoms. The molecule has 1 heterocycles. The van der Waals surface area contributed by atoms with Crippen LogP contribution in [-0.2, 0) is 27.7 Å². The van der Waals surface area contributed by atoms with Crippen molar-refractivity contribution < 1.29 is 53.8 Å². The van der Waals surface area contributed by atoms with Crippen LogP contribution in [-0.4, -0.2) is 30.1 Å². The molecule has 4 rings (SSSR count). The maximum absolute atomic E-state index is 16.1. The fourth-order valence-corrected chi connectivity index (χ4v) is 5.65. The molecule has 0 aliphatic carbocycles. The standard InChI is InChI=1S/C32H29F9N2O3/c1-5-25-28(27(17(4)44)20-14-19(31(37,38)39)11-13-26(20)43(25)29(45)46-16(2)3)42-32(40,41)22-15-18(10-12-24(22)34)30(35,36)21-8-6-7-9-23(21)33/h6-16,25,27-28,42H,5H2,1-4H3/t25-,27?,28-/m1/s1. The summed E-state index contributed by atoms with van der Waals surface area (Å²) in [6.45, 7) is 5.36. The zero-order chi connectivity index (χ0) is 34.4. The number of carbonyl (C=O) groups is 2. The van der Waals surface area contributed by atoms with E-state index in [4.69, 9.17) is 4.74 Å². The van der Waals surface area contributed by atoms with Crippen molar-refractivity contribution in [3.63, 3.8) is 0 Å². The first-order valence-electron chi connectivity index (χ1n) is 14.1. The van der Waals surface area contributed by atoms with Crippen LogP contribution in [0.5, 0.6) is 0 Å². The Morgan fingerprint density at radius 1 is 0.870 bits per heavy atom. The van der Waals surface area contributed by atoms with Crippen molar-refractivity contribution in [2.75, 3.05) is 4.90 Å². The van der Waals surface area contributed by atoms with Gasteiger partial charge in [0.25, 0.3) is 0 Å². The van der Waals surface area contributed by atoms with E-state index in [1.165, 1.54) is 20.8 Å². The number of nitrogens with one attached hydrogen (secondary N) is 1. The van der Waals surface area contributed by atoms with Gasteiger partial charge in [-0.25, -0.2) is 18.9 Å². The lowest BCUT2D eigenvalue weighted by molar-refractivity contribution is -0.137. The van der Waals surface area contributed by atoms with Crippen molar-refractivity contribution in [3.05, 3.63) is 100 Å². The Kier molecular flexibility index (Phi) is 9.54. The van der Waals surface area contributed by atoms with Crippen LogP contribution in [0.3, 0.4) is 0 Å². The Bertz CT molecular complexity index is 1620. The number of carbonyl (C=O) groups excluding carboxylic acids is 2. The van der Waals surface area contributed by atoms with Gasteiger partial charge in [-0.15, -0.1) is 0 Å². The SMILES string of the molecule is CC[C@@H]1[C@@H](NC(F)(F)c2cc(C(F)(F)c3ccccc3F)ccc2F)C(C(C)=O)c2cc(C(F)(F)F)ccc2N1C(=O)OC(C)C. The van der Waals surface area contributed by atoms with Gasteiger partial charge in [-0.3, -0.25) is 9.69 Å². The summed E-state index contributed by atoms with van der Waals surface area (Å²) in [6, 6.07) is -0.949. The van der Waals surface area contributed by atoms with Gasteiger partial charge in [-0.05, 0) is 81.3 Å². The Labute approximate surface area is 258 Å². The van der Waals surface area contributed by atoms with Gasteiger partial charge in [0.05, 0.1) is 40.4 Å². The highest BCUT2D eigenvalue weighted by Gasteiger charge is 2.51. The molecule has 0 saturated heterocycles. The van der Waals surface area contributed by atoms with Gasteiger partial charge in [-0.2, -0.15) is 30.7 Å². The number of ketones is 1. The van der Waals surface area contributed by atoms with Crippen LogP contribution in [0.4, 0.5) is 50.0 Å². The molecule has 0 bridgehead atoms. The maximum Gasteiger partial charge on any atom is 0.416 e. The molecule has 0 aromatic heterocycles. The van der Waals surface area contributed by atoms with Gasteiger partial charge in [0.2, 0.25) is 0 Å². The zero-order valence-corrected chi connectivity index (χ0v) is 24.9. The molecule has 3 aromatic rings. The van der Waals surface area contributed by atoms with E-state index >= 15 is 17.6 Å². The predicted octanol–water partition coefficient (Wildman–Crippen LogP) is 8.65. The van der Waals surface area contributed by atoms with Gasteiger partial charge in [0.15, 0.2) is 0 Å². The Hall–Kier alpha value is -4.07. The zero-order valence-electron chi connectivity index (χ0n) is 24.9. The second-order valence-electron chi connectivity index (χ2n) is 11.1. The molecular weight excluding hydrogens is 631 g/mol. The third-order valence-corrected chi connectivity index (χ3v) is 7.67. The lowest BCUT2D eigenvalue weighted by Gasteiger charge is -2.46. The number of hydrogen-bond acceptors (Lipinski definition) is 4. The highest BCUT2D eigenvalue weighted by Crippen LogP contribution is 2.46. The molecule has 5 nitrogen and oxygen atoms in total. The molecule has 1 unspecified atom stereocenters. The average Bonchev–Trinajstić information content (AvgIpc) is 2.94. The number of Topliss-reactive ketones (excluding diaryl/α,β-unsaturated/α-hetero) is 1. The van der Waals surface area contributed by atoms with Crippen LogP contribution < -0.4 is 10.2 Å². The minimum Gasteiger partial charge on any atom is -0.446 e. The maximum atomic E-state index is 16.1. The molecule has 1 aliphatic heterocycles. The van der Waals surface area contributed by atoms with Crippen molar-refractivity contribution in [1.29, 1.82) is 0 Å². The molecule has 0 spiro atoms. The van der Waals surface area contributed by atoms with Crippen LogP contribution in [0.15, 0.2) is 60.7 Å². The van der Waals surface area contributed by atoms with Crippen LogP contribution in [0.2, 0.25) is 0 Å². The van der Waals surface area contributed by atoms with Crippen molar-refractivity contribution >= 4 is 17.6 Å². The second-order valence-corrected chi connectivity index (χ2v) is 11.1. The molecule has 1 aliphatic rings. The Balaban J connectivity index is 1.87. The van der Waals surface area contributed by atoms with Crippen molar-refractivity contribution in [3.8, 4) is 0 Å². The van der Waals surface area contributed by atoms with Crippen LogP contribution in [0.25, 0.3) is 0 Å².